The number of carbonyl (C=O) groups is 1. The first-order chi connectivity index (χ1) is 14.5. The third-order valence-electron chi connectivity index (χ3n) is 5.60. The minimum atomic E-state index is -0.309. The van der Waals surface area contributed by atoms with E-state index in [0.29, 0.717) is 28.4 Å². The fourth-order valence-electron chi connectivity index (χ4n) is 3.74. The van der Waals surface area contributed by atoms with Crippen molar-refractivity contribution in [3.8, 4) is 0 Å². The van der Waals surface area contributed by atoms with E-state index in [-0.39, 0.29) is 23.7 Å². The van der Waals surface area contributed by atoms with Crippen molar-refractivity contribution in [2.24, 2.45) is 7.05 Å². The first-order valence-corrected chi connectivity index (χ1v) is 11.7. The summed E-state index contributed by atoms with van der Waals surface area (Å²) >= 11 is 1.53. The maximum absolute atomic E-state index is 14.0. The molecule has 1 amide bonds. The Morgan fingerprint density at radius 1 is 1.17 bits per heavy atom. The second-order valence-corrected chi connectivity index (χ2v) is 8.90. The summed E-state index contributed by atoms with van der Waals surface area (Å²) < 4.78 is 15.5. The average molecular weight is 432 g/mol. The number of hydrogen-bond acceptors (Lipinski definition) is 4. The lowest BCUT2D eigenvalue weighted by Gasteiger charge is -2.26. The van der Waals surface area contributed by atoms with Crippen molar-refractivity contribution < 1.29 is 9.18 Å². The van der Waals surface area contributed by atoms with Gasteiger partial charge >= 0.3 is 0 Å². The van der Waals surface area contributed by atoms with Crippen LogP contribution in [0.5, 0.6) is 0 Å². The van der Waals surface area contributed by atoms with Crippen molar-refractivity contribution in [3.05, 3.63) is 57.3 Å². The number of rotatable bonds is 8. The molecule has 30 heavy (non-hydrogen) atoms. The number of aromatic nitrogens is 2. The first kappa shape index (κ1) is 22.5. The number of unbranched alkanes of at least 4 members (excludes halogenated alkanes) is 1. The molecule has 1 saturated heterocycles. The monoisotopic (exact) mass is 431 g/mol. The molecule has 0 radical (unpaired) electrons. The summed E-state index contributed by atoms with van der Waals surface area (Å²) in [7, 11) is 1.71. The highest BCUT2D eigenvalue weighted by Crippen LogP contribution is 2.19. The Kier molecular flexibility index (Phi) is 8.08. The summed E-state index contributed by atoms with van der Waals surface area (Å²) in [5.74, 6) is 0.759. The van der Waals surface area contributed by atoms with Gasteiger partial charge in [-0.05, 0) is 50.7 Å². The van der Waals surface area contributed by atoms with Gasteiger partial charge in [0, 0.05) is 50.0 Å². The van der Waals surface area contributed by atoms with E-state index in [4.69, 9.17) is 0 Å². The number of piperidine rings is 1. The maximum Gasteiger partial charge on any atom is 0.257 e. The Hall–Kier alpha value is -2.15. The molecule has 0 aliphatic carbocycles. The minimum Gasteiger partial charge on any atom is -0.343 e. The Morgan fingerprint density at radius 3 is 2.63 bits per heavy atom. The van der Waals surface area contributed by atoms with Gasteiger partial charge in [-0.2, -0.15) is 0 Å². The Morgan fingerprint density at radius 2 is 1.90 bits per heavy atom. The van der Waals surface area contributed by atoms with Crippen LogP contribution in [-0.2, 0) is 18.3 Å². The second-order valence-electron chi connectivity index (χ2n) is 7.84. The lowest BCUT2D eigenvalue weighted by Crippen LogP contribution is -2.35. The summed E-state index contributed by atoms with van der Waals surface area (Å²) in [6, 6.07) is 6.51. The highest BCUT2D eigenvalue weighted by molar-refractivity contribution is 7.99. The van der Waals surface area contributed by atoms with Crippen molar-refractivity contribution >= 4 is 17.7 Å². The van der Waals surface area contributed by atoms with Crippen LogP contribution in [0.2, 0.25) is 0 Å². The molecule has 1 aromatic carbocycles. The van der Waals surface area contributed by atoms with Gasteiger partial charge in [-0.3, -0.25) is 14.2 Å². The van der Waals surface area contributed by atoms with E-state index >= 15 is 0 Å². The number of carbonyl (C=O) groups excluding carboxylic acids is 1. The standard InChI is InChI=1S/C23H30FN3O2S/c1-17-19(16-18-10-4-5-11-20(18)24)22(29)26(2)23(25-17)30-15-9-6-12-21(28)27-13-7-3-8-14-27/h4-5,10-11H,3,6-9,12-16H2,1-2H3. The number of hydrogen-bond donors (Lipinski definition) is 0. The topological polar surface area (TPSA) is 55.2 Å². The summed E-state index contributed by atoms with van der Waals surface area (Å²) in [4.78, 5) is 31.6. The van der Waals surface area contributed by atoms with E-state index in [0.717, 1.165) is 44.5 Å². The first-order valence-electron chi connectivity index (χ1n) is 10.7. The van der Waals surface area contributed by atoms with E-state index in [9.17, 15) is 14.0 Å². The molecular formula is C23H30FN3O2S. The molecule has 2 heterocycles. The van der Waals surface area contributed by atoms with Gasteiger partial charge in [0.25, 0.3) is 5.56 Å². The third kappa shape index (κ3) is 5.72. The van der Waals surface area contributed by atoms with Gasteiger partial charge in [0.2, 0.25) is 5.91 Å². The van der Waals surface area contributed by atoms with Gasteiger partial charge in [-0.25, -0.2) is 9.37 Å². The molecule has 0 N–H and O–H groups in total. The fraction of sp³-hybridized carbons (Fsp3) is 0.522. The fourth-order valence-corrected chi connectivity index (χ4v) is 4.75. The lowest BCUT2D eigenvalue weighted by atomic mass is 10.0. The maximum atomic E-state index is 14.0. The normalized spacial score (nSPS) is 14.2. The van der Waals surface area contributed by atoms with Crippen LogP contribution in [0, 0.1) is 12.7 Å². The van der Waals surface area contributed by atoms with E-state index in [1.807, 2.05) is 4.90 Å². The van der Waals surface area contributed by atoms with E-state index < -0.39 is 0 Å². The number of likely N-dealkylation sites (tertiary alicyclic amines) is 1. The largest absolute Gasteiger partial charge is 0.343 e. The summed E-state index contributed by atoms with van der Waals surface area (Å²) in [6.45, 7) is 3.61. The molecule has 0 unspecified atom stereocenters. The van der Waals surface area contributed by atoms with Crippen molar-refractivity contribution in [2.75, 3.05) is 18.8 Å². The molecule has 0 spiro atoms. The molecule has 0 bridgehead atoms. The van der Waals surface area contributed by atoms with E-state index in [2.05, 4.69) is 4.98 Å². The molecule has 7 heteroatoms. The quantitative estimate of drug-likeness (QED) is 0.359. The van der Waals surface area contributed by atoms with Gasteiger partial charge in [-0.15, -0.1) is 0 Å². The van der Waals surface area contributed by atoms with Crippen molar-refractivity contribution in [2.45, 2.75) is 57.0 Å². The zero-order valence-electron chi connectivity index (χ0n) is 17.8. The molecule has 1 fully saturated rings. The molecule has 162 valence electrons. The third-order valence-corrected chi connectivity index (χ3v) is 6.72. The number of amides is 1. The zero-order valence-corrected chi connectivity index (χ0v) is 18.6. The minimum absolute atomic E-state index is 0.131. The lowest BCUT2D eigenvalue weighted by molar-refractivity contribution is -0.132. The molecule has 0 saturated carbocycles. The van der Waals surface area contributed by atoms with Crippen molar-refractivity contribution in [1.82, 2.24) is 14.5 Å². The molecule has 0 atom stereocenters. The van der Waals surface area contributed by atoms with Gasteiger partial charge in [0.1, 0.15) is 5.82 Å². The molecule has 3 rings (SSSR count). The molecular weight excluding hydrogens is 401 g/mol. The summed E-state index contributed by atoms with van der Waals surface area (Å²) in [6.07, 6.45) is 6.04. The predicted molar refractivity (Wildman–Crippen MR) is 118 cm³/mol. The highest BCUT2D eigenvalue weighted by Gasteiger charge is 2.16. The number of aryl methyl sites for hydroxylation is 1. The van der Waals surface area contributed by atoms with Crippen LogP contribution < -0.4 is 5.56 Å². The van der Waals surface area contributed by atoms with Crippen molar-refractivity contribution in [3.63, 3.8) is 0 Å². The van der Waals surface area contributed by atoms with Crippen molar-refractivity contribution in [1.29, 1.82) is 0 Å². The zero-order chi connectivity index (χ0) is 21.5. The number of benzene rings is 1. The number of halogens is 1. The van der Waals surface area contributed by atoms with Crippen LogP contribution >= 0.6 is 11.8 Å². The second kappa shape index (κ2) is 10.8. The Labute approximate surface area is 181 Å². The number of nitrogens with zero attached hydrogens (tertiary/aromatic N) is 3. The van der Waals surface area contributed by atoms with Crippen LogP contribution in [-0.4, -0.2) is 39.2 Å². The van der Waals surface area contributed by atoms with Crippen LogP contribution in [0.1, 0.15) is 55.3 Å². The van der Waals surface area contributed by atoms with Gasteiger partial charge < -0.3 is 4.90 Å². The highest BCUT2D eigenvalue weighted by atomic mass is 32.2. The van der Waals surface area contributed by atoms with Crippen LogP contribution in [0.15, 0.2) is 34.2 Å². The summed E-state index contributed by atoms with van der Waals surface area (Å²) in [5.41, 5.74) is 1.54. The molecule has 1 aromatic heterocycles. The smallest absolute Gasteiger partial charge is 0.257 e. The Balaban J connectivity index is 1.53. The number of thioether (sulfide) groups is 1. The molecule has 5 nitrogen and oxygen atoms in total. The predicted octanol–water partition coefficient (Wildman–Crippen LogP) is 4.09. The van der Waals surface area contributed by atoms with Crippen LogP contribution in [0.3, 0.4) is 0 Å². The van der Waals surface area contributed by atoms with E-state index in [1.165, 1.54) is 24.2 Å². The van der Waals surface area contributed by atoms with Crippen LogP contribution in [0.25, 0.3) is 0 Å². The summed E-state index contributed by atoms with van der Waals surface area (Å²) in [5, 5.41) is 0.664. The average Bonchev–Trinajstić information content (AvgIpc) is 2.76. The molecule has 1 aliphatic heterocycles. The van der Waals surface area contributed by atoms with Gasteiger partial charge in [0.15, 0.2) is 5.16 Å². The molecule has 1 aliphatic rings. The van der Waals surface area contributed by atoms with Gasteiger partial charge in [-0.1, -0.05) is 30.0 Å². The molecule has 2 aromatic rings. The SMILES string of the molecule is Cc1nc(SCCCCC(=O)N2CCCCC2)n(C)c(=O)c1Cc1ccccc1F. The van der Waals surface area contributed by atoms with Gasteiger partial charge in [0.05, 0.1) is 0 Å². The van der Waals surface area contributed by atoms with E-state index in [1.54, 1.807) is 36.7 Å². The van der Waals surface area contributed by atoms with Crippen LogP contribution in [0.4, 0.5) is 4.39 Å². The Bertz CT molecular complexity index is 939.